The second-order valence-electron chi connectivity index (χ2n) is 4.53. The van der Waals surface area contributed by atoms with Crippen molar-refractivity contribution in [2.75, 3.05) is 11.9 Å². The molecule has 0 atom stereocenters. The van der Waals surface area contributed by atoms with Crippen LogP contribution in [0, 0.1) is 0 Å². The maximum Gasteiger partial charge on any atom is 0.0671 e. The van der Waals surface area contributed by atoms with Crippen molar-refractivity contribution in [1.82, 2.24) is 10.2 Å². The maximum atomic E-state index is 5.56. The van der Waals surface area contributed by atoms with E-state index in [0.29, 0.717) is 12.1 Å². The molecule has 1 aliphatic rings. The van der Waals surface area contributed by atoms with Crippen molar-refractivity contribution in [3.8, 4) is 0 Å². The number of benzene rings is 1. The fourth-order valence-corrected chi connectivity index (χ4v) is 2.37. The molecule has 1 aliphatic carbocycles. The number of aromatic amines is 1. The van der Waals surface area contributed by atoms with E-state index in [2.05, 4.69) is 21.6 Å². The van der Waals surface area contributed by atoms with Gasteiger partial charge in [-0.15, -0.1) is 0 Å². The summed E-state index contributed by atoms with van der Waals surface area (Å²) in [5.41, 5.74) is 2.24. The number of hydrogen-bond donors (Lipinski definition) is 2. The number of nitrogens with one attached hydrogen (secondary N) is 2. The second kappa shape index (κ2) is 4.37. The molecule has 1 aromatic heterocycles. The number of H-pyrrole nitrogens is 1. The Kier molecular flexibility index (Phi) is 2.73. The quantitative estimate of drug-likeness (QED) is 0.850. The summed E-state index contributed by atoms with van der Waals surface area (Å²) in [6.07, 6.45) is 4.52. The lowest BCUT2D eigenvalue weighted by Gasteiger charge is -2.36. The minimum Gasteiger partial charge on any atom is -0.382 e. The van der Waals surface area contributed by atoms with Gasteiger partial charge in [0.1, 0.15) is 0 Å². The first-order valence-corrected chi connectivity index (χ1v) is 6.17. The van der Waals surface area contributed by atoms with E-state index >= 15 is 0 Å². The molecule has 17 heavy (non-hydrogen) atoms. The van der Waals surface area contributed by atoms with Gasteiger partial charge in [0.2, 0.25) is 0 Å². The third-order valence-corrected chi connectivity index (χ3v) is 3.34. The number of fused-ring (bicyclic) bond motifs is 1. The fraction of sp³-hybridized carbons (Fsp3) is 0.462. The summed E-state index contributed by atoms with van der Waals surface area (Å²) in [7, 11) is 0. The van der Waals surface area contributed by atoms with Crippen molar-refractivity contribution in [3.63, 3.8) is 0 Å². The number of ether oxygens (including phenoxy) is 1. The van der Waals surface area contributed by atoms with Gasteiger partial charge in [0, 0.05) is 23.7 Å². The zero-order valence-corrected chi connectivity index (χ0v) is 9.94. The Morgan fingerprint density at radius 1 is 1.47 bits per heavy atom. The van der Waals surface area contributed by atoms with E-state index in [0.717, 1.165) is 36.0 Å². The zero-order valence-electron chi connectivity index (χ0n) is 9.94. The van der Waals surface area contributed by atoms with Gasteiger partial charge in [-0.25, -0.2) is 0 Å². The minimum absolute atomic E-state index is 0.445. The number of anilines is 1. The molecular formula is C13H17N3O. The highest BCUT2D eigenvalue weighted by atomic mass is 16.5. The van der Waals surface area contributed by atoms with E-state index in [1.807, 2.05) is 25.3 Å². The van der Waals surface area contributed by atoms with Crippen LogP contribution in [-0.2, 0) is 4.74 Å². The molecule has 1 aromatic carbocycles. The van der Waals surface area contributed by atoms with Gasteiger partial charge in [0.05, 0.1) is 17.8 Å². The Bertz CT molecular complexity index is 502. The summed E-state index contributed by atoms with van der Waals surface area (Å²) < 4.78 is 5.56. The summed E-state index contributed by atoms with van der Waals surface area (Å²) in [5, 5.41) is 11.8. The van der Waals surface area contributed by atoms with E-state index < -0.39 is 0 Å². The molecule has 2 aromatic rings. The van der Waals surface area contributed by atoms with Crippen LogP contribution >= 0.6 is 0 Å². The van der Waals surface area contributed by atoms with Crippen molar-refractivity contribution in [2.24, 2.45) is 0 Å². The highest BCUT2D eigenvalue weighted by Crippen LogP contribution is 2.29. The molecular weight excluding hydrogens is 214 g/mol. The van der Waals surface area contributed by atoms with Gasteiger partial charge < -0.3 is 10.1 Å². The molecule has 0 unspecified atom stereocenters. The van der Waals surface area contributed by atoms with Crippen molar-refractivity contribution in [3.05, 3.63) is 24.4 Å². The van der Waals surface area contributed by atoms with Crippen LogP contribution in [0.1, 0.15) is 19.8 Å². The lowest BCUT2D eigenvalue weighted by atomic mass is 9.89. The molecule has 0 aliphatic heterocycles. The average molecular weight is 231 g/mol. The number of aromatic nitrogens is 2. The minimum atomic E-state index is 0.445. The molecule has 0 bridgehead atoms. The highest BCUT2D eigenvalue weighted by Gasteiger charge is 2.29. The van der Waals surface area contributed by atoms with Crippen molar-refractivity contribution in [2.45, 2.75) is 31.9 Å². The molecule has 1 saturated carbocycles. The van der Waals surface area contributed by atoms with Crippen LogP contribution in [-0.4, -0.2) is 29.0 Å². The monoisotopic (exact) mass is 231 g/mol. The molecule has 2 N–H and O–H groups in total. The molecule has 0 spiro atoms. The van der Waals surface area contributed by atoms with Crippen molar-refractivity contribution in [1.29, 1.82) is 0 Å². The van der Waals surface area contributed by atoms with E-state index in [-0.39, 0.29) is 0 Å². The van der Waals surface area contributed by atoms with Crippen LogP contribution in [0.25, 0.3) is 10.9 Å². The molecule has 0 amide bonds. The average Bonchev–Trinajstić information content (AvgIpc) is 2.75. The lowest BCUT2D eigenvalue weighted by Crippen LogP contribution is -2.40. The van der Waals surface area contributed by atoms with Crippen LogP contribution in [0.2, 0.25) is 0 Å². The standard InChI is InChI=1S/C13H17N3O/c1-2-17-10-6-9(7-10)15-12-4-3-5-13-11(12)8-14-16-13/h3-5,8-10,15H,2,6-7H2,1H3,(H,14,16). The van der Waals surface area contributed by atoms with Crippen LogP contribution in [0.15, 0.2) is 24.4 Å². The number of hydrogen-bond acceptors (Lipinski definition) is 3. The third-order valence-electron chi connectivity index (χ3n) is 3.34. The Morgan fingerprint density at radius 3 is 3.18 bits per heavy atom. The van der Waals surface area contributed by atoms with Gasteiger partial charge in [0.25, 0.3) is 0 Å². The molecule has 4 nitrogen and oxygen atoms in total. The Labute approximate surface area is 100 Å². The first kappa shape index (κ1) is 10.6. The van der Waals surface area contributed by atoms with Gasteiger partial charge in [-0.2, -0.15) is 5.10 Å². The number of nitrogens with zero attached hydrogens (tertiary/aromatic N) is 1. The van der Waals surface area contributed by atoms with E-state index in [1.165, 1.54) is 0 Å². The Balaban J connectivity index is 1.68. The predicted octanol–water partition coefficient (Wildman–Crippen LogP) is 2.54. The topological polar surface area (TPSA) is 49.9 Å². The van der Waals surface area contributed by atoms with Gasteiger partial charge in [-0.05, 0) is 31.9 Å². The van der Waals surface area contributed by atoms with Crippen LogP contribution in [0.4, 0.5) is 5.69 Å². The van der Waals surface area contributed by atoms with Gasteiger partial charge in [-0.3, -0.25) is 5.10 Å². The van der Waals surface area contributed by atoms with Crippen LogP contribution in [0.3, 0.4) is 0 Å². The number of rotatable bonds is 4. The predicted molar refractivity (Wildman–Crippen MR) is 68.2 cm³/mol. The molecule has 3 rings (SSSR count). The SMILES string of the molecule is CCOC1CC(Nc2cccc3[nH]ncc23)C1. The first-order valence-electron chi connectivity index (χ1n) is 6.17. The Hall–Kier alpha value is -1.55. The summed E-state index contributed by atoms with van der Waals surface area (Å²) in [6.45, 7) is 2.86. The molecule has 1 fully saturated rings. The van der Waals surface area contributed by atoms with E-state index in [1.54, 1.807) is 0 Å². The third kappa shape index (κ3) is 2.00. The highest BCUT2D eigenvalue weighted by molar-refractivity contribution is 5.90. The summed E-state index contributed by atoms with van der Waals surface area (Å²) in [6, 6.07) is 6.72. The molecule has 1 heterocycles. The largest absolute Gasteiger partial charge is 0.382 e. The van der Waals surface area contributed by atoms with Gasteiger partial charge >= 0.3 is 0 Å². The molecule has 90 valence electrons. The molecule has 0 saturated heterocycles. The van der Waals surface area contributed by atoms with Crippen molar-refractivity contribution < 1.29 is 4.74 Å². The second-order valence-corrected chi connectivity index (χ2v) is 4.53. The lowest BCUT2D eigenvalue weighted by molar-refractivity contribution is 0.00302. The van der Waals surface area contributed by atoms with Gasteiger partial charge in [-0.1, -0.05) is 6.07 Å². The van der Waals surface area contributed by atoms with Crippen LogP contribution < -0.4 is 5.32 Å². The summed E-state index contributed by atoms with van der Waals surface area (Å²) in [5.74, 6) is 0. The fourth-order valence-electron chi connectivity index (χ4n) is 2.37. The first-order chi connectivity index (χ1) is 8.36. The van der Waals surface area contributed by atoms with Crippen LogP contribution in [0.5, 0.6) is 0 Å². The van der Waals surface area contributed by atoms with E-state index in [9.17, 15) is 0 Å². The van der Waals surface area contributed by atoms with E-state index in [4.69, 9.17) is 4.74 Å². The maximum absolute atomic E-state index is 5.56. The van der Waals surface area contributed by atoms with Crippen molar-refractivity contribution >= 4 is 16.6 Å². The normalized spacial score (nSPS) is 23.6. The molecule has 0 radical (unpaired) electrons. The zero-order chi connectivity index (χ0) is 11.7. The summed E-state index contributed by atoms with van der Waals surface area (Å²) >= 11 is 0. The molecule has 4 heteroatoms. The Morgan fingerprint density at radius 2 is 2.35 bits per heavy atom. The summed E-state index contributed by atoms with van der Waals surface area (Å²) in [4.78, 5) is 0. The van der Waals surface area contributed by atoms with Gasteiger partial charge in [0.15, 0.2) is 0 Å². The smallest absolute Gasteiger partial charge is 0.0671 e.